The first-order chi connectivity index (χ1) is 7.53. The molecule has 0 atom stereocenters. The Morgan fingerprint density at radius 1 is 1.19 bits per heavy atom. The van der Waals surface area contributed by atoms with Gasteiger partial charge in [0.1, 0.15) is 5.75 Å². The first-order valence-electron chi connectivity index (χ1n) is 5.09. The fraction of sp³-hybridized carbons (Fsp3) is 0.455. The summed E-state index contributed by atoms with van der Waals surface area (Å²) in [7, 11) is 0. The summed E-state index contributed by atoms with van der Waals surface area (Å²) in [6.07, 6.45) is -1.97. The Labute approximate surface area is 91.4 Å². The van der Waals surface area contributed by atoms with Crippen molar-refractivity contribution in [1.82, 2.24) is 0 Å². The molecule has 16 heavy (non-hydrogen) atoms. The number of rotatable bonds is 4. The van der Waals surface area contributed by atoms with E-state index in [0.717, 1.165) is 18.5 Å². The van der Waals surface area contributed by atoms with Crippen LogP contribution in [-0.2, 0) is 0 Å². The molecule has 1 saturated carbocycles. The average Bonchev–Trinajstić information content (AvgIpc) is 3.00. The highest BCUT2D eigenvalue weighted by Crippen LogP contribution is 2.26. The maximum atomic E-state index is 11.9. The molecule has 0 aliphatic heterocycles. The van der Waals surface area contributed by atoms with E-state index in [4.69, 9.17) is 0 Å². The van der Waals surface area contributed by atoms with E-state index in [1.54, 1.807) is 12.1 Å². The van der Waals surface area contributed by atoms with Crippen molar-refractivity contribution in [1.29, 1.82) is 0 Å². The van der Waals surface area contributed by atoms with Gasteiger partial charge >= 0.3 is 6.18 Å². The van der Waals surface area contributed by atoms with Crippen molar-refractivity contribution in [2.45, 2.75) is 25.1 Å². The number of hydrogen-bond donors (Lipinski definition) is 1. The predicted octanol–water partition coefficient (Wildman–Crippen LogP) is 3.20. The average molecular weight is 231 g/mol. The van der Waals surface area contributed by atoms with E-state index < -0.39 is 12.8 Å². The van der Waals surface area contributed by atoms with Gasteiger partial charge in [-0.3, -0.25) is 0 Å². The zero-order valence-electron chi connectivity index (χ0n) is 8.55. The molecule has 0 bridgehead atoms. The van der Waals surface area contributed by atoms with Crippen molar-refractivity contribution in [2.24, 2.45) is 0 Å². The normalized spacial score (nSPS) is 15.9. The van der Waals surface area contributed by atoms with Crippen LogP contribution in [0.25, 0.3) is 0 Å². The van der Waals surface area contributed by atoms with Crippen LogP contribution in [0.2, 0.25) is 0 Å². The number of anilines is 1. The first kappa shape index (κ1) is 11.1. The second-order valence-electron chi connectivity index (χ2n) is 3.85. The fourth-order valence-electron chi connectivity index (χ4n) is 1.28. The van der Waals surface area contributed by atoms with E-state index in [1.807, 2.05) is 0 Å². The van der Waals surface area contributed by atoms with Gasteiger partial charge in [-0.15, -0.1) is 0 Å². The molecule has 0 radical (unpaired) electrons. The largest absolute Gasteiger partial charge is 0.484 e. The van der Waals surface area contributed by atoms with E-state index in [0.29, 0.717) is 6.04 Å². The van der Waals surface area contributed by atoms with Crippen LogP contribution in [0.15, 0.2) is 24.3 Å². The van der Waals surface area contributed by atoms with Crippen LogP contribution >= 0.6 is 0 Å². The summed E-state index contributed by atoms with van der Waals surface area (Å²) >= 11 is 0. The zero-order valence-corrected chi connectivity index (χ0v) is 8.55. The third-order valence-electron chi connectivity index (χ3n) is 2.20. The van der Waals surface area contributed by atoms with Gasteiger partial charge in [-0.2, -0.15) is 13.2 Å². The van der Waals surface area contributed by atoms with Crippen LogP contribution in [0.5, 0.6) is 5.75 Å². The minimum atomic E-state index is -4.29. The van der Waals surface area contributed by atoms with Gasteiger partial charge < -0.3 is 10.1 Å². The van der Waals surface area contributed by atoms with Crippen molar-refractivity contribution in [3.05, 3.63) is 24.3 Å². The van der Waals surface area contributed by atoms with Crippen LogP contribution < -0.4 is 10.1 Å². The Kier molecular flexibility index (Phi) is 2.94. The van der Waals surface area contributed by atoms with Crippen LogP contribution in [0.3, 0.4) is 0 Å². The van der Waals surface area contributed by atoms with Gasteiger partial charge in [0, 0.05) is 11.7 Å². The Morgan fingerprint density at radius 3 is 2.31 bits per heavy atom. The minimum absolute atomic E-state index is 0.235. The zero-order chi connectivity index (χ0) is 11.6. The summed E-state index contributed by atoms with van der Waals surface area (Å²) in [5, 5.41) is 3.24. The highest BCUT2D eigenvalue weighted by molar-refractivity contribution is 5.47. The molecule has 0 aromatic heterocycles. The molecule has 1 aromatic rings. The lowest BCUT2D eigenvalue weighted by Gasteiger charge is -2.10. The SMILES string of the molecule is FC(F)(F)COc1ccc(NC2CC2)cc1. The quantitative estimate of drug-likeness (QED) is 0.859. The number of alkyl halides is 3. The molecule has 1 aliphatic carbocycles. The summed E-state index contributed by atoms with van der Waals surface area (Å²) in [5.41, 5.74) is 0.918. The summed E-state index contributed by atoms with van der Waals surface area (Å²) in [5.74, 6) is 0.235. The summed E-state index contributed by atoms with van der Waals surface area (Å²) in [6.45, 7) is -1.25. The third-order valence-corrected chi connectivity index (χ3v) is 2.20. The molecule has 2 nitrogen and oxygen atoms in total. The highest BCUT2D eigenvalue weighted by Gasteiger charge is 2.28. The maximum Gasteiger partial charge on any atom is 0.422 e. The minimum Gasteiger partial charge on any atom is -0.484 e. The first-order valence-corrected chi connectivity index (χ1v) is 5.09. The van der Waals surface area contributed by atoms with Crippen LogP contribution in [-0.4, -0.2) is 18.8 Å². The van der Waals surface area contributed by atoms with E-state index in [2.05, 4.69) is 10.1 Å². The van der Waals surface area contributed by atoms with Gasteiger partial charge in [-0.25, -0.2) is 0 Å². The van der Waals surface area contributed by atoms with Crippen molar-refractivity contribution in [3.8, 4) is 5.75 Å². The van der Waals surface area contributed by atoms with Crippen molar-refractivity contribution in [3.63, 3.8) is 0 Å². The molecule has 5 heteroatoms. The van der Waals surface area contributed by atoms with Gasteiger partial charge in [-0.1, -0.05) is 0 Å². The summed E-state index contributed by atoms with van der Waals surface area (Å²) < 4.78 is 40.2. The topological polar surface area (TPSA) is 21.3 Å². The number of nitrogens with one attached hydrogen (secondary N) is 1. The molecular formula is C11H12F3NO. The van der Waals surface area contributed by atoms with E-state index in [9.17, 15) is 13.2 Å². The molecule has 0 amide bonds. The molecule has 0 unspecified atom stereocenters. The Bertz CT molecular complexity index is 343. The van der Waals surface area contributed by atoms with Crippen molar-refractivity contribution < 1.29 is 17.9 Å². The maximum absolute atomic E-state index is 11.9. The summed E-state index contributed by atoms with van der Waals surface area (Å²) in [6, 6.07) is 7.06. The number of ether oxygens (including phenoxy) is 1. The number of hydrogen-bond acceptors (Lipinski definition) is 2. The van der Waals surface area contributed by atoms with Crippen LogP contribution in [0.1, 0.15) is 12.8 Å². The molecule has 2 rings (SSSR count). The second-order valence-corrected chi connectivity index (χ2v) is 3.85. The Hall–Kier alpha value is -1.39. The second kappa shape index (κ2) is 4.23. The molecule has 1 aromatic carbocycles. The monoisotopic (exact) mass is 231 g/mol. The molecule has 1 N–H and O–H groups in total. The molecule has 1 fully saturated rings. The predicted molar refractivity (Wildman–Crippen MR) is 54.6 cm³/mol. The smallest absolute Gasteiger partial charge is 0.422 e. The van der Waals surface area contributed by atoms with Gasteiger partial charge in [0.05, 0.1) is 0 Å². The van der Waals surface area contributed by atoms with Gasteiger partial charge in [0.25, 0.3) is 0 Å². The van der Waals surface area contributed by atoms with E-state index in [1.165, 1.54) is 12.1 Å². The van der Waals surface area contributed by atoms with Gasteiger partial charge in [0.2, 0.25) is 0 Å². The lowest BCUT2D eigenvalue weighted by molar-refractivity contribution is -0.153. The fourth-order valence-corrected chi connectivity index (χ4v) is 1.28. The molecule has 0 heterocycles. The molecule has 0 saturated heterocycles. The number of benzene rings is 1. The molecule has 1 aliphatic rings. The standard InChI is InChI=1S/C11H12F3NO/c12-11(13,14)7-16-10-5-3-9(4-6-10)15-8-1-2-8/h3-6,8,15H,1-2,7H2. The lowest BCUT2D eigenvalue weighted by atomic mass is 10.3. The Balaban J connectivity index is 1.86. The lowest BCUT2D eigenvalue weighted by Crippen LogP contribution is -2.19. The summed E-state index contributed by atoms with van der Waals surface area (Å²) in [4.78, 5) is 0. The van der Waals surface area contributed by atoms with Gasteiger partial charge in [-0.05, 0) is 37.1 Å². The molecular weight excluding hydrogens is 219 g/mol. The van der Waals surface area contributed by atoms with Crippen molar-refractivity contribution in [2.75, 3.05) is 11.9 Å². The highest BCUT2D eigenvalue weighted by atomic mass is 19.4. The third kappa shape index (κ3) is 3.64. The van der Waals surface area contributed by atoms with Crippen molar-refractivity contribution >= 4 is 5.69 Å². The van der Waals surface area contributed by atoms with Crippen LogP contribution in [0, 0.1) is 0 Å². The Morgan fingerprint density at radius 2 is 1.81 bits per heavy atom. The van der Waals surface area contributed by atoms with Crippen LogP contribution in [0.4, 0.5) is 18.9 Å². The van der Waals surface area contributed by atoms with Gasteiger partial charge in [0.15, 0.2) is 6.61 Å². The number of halogens is 3. The van der Waals surface area contributed by atoms with E-state index in [-0.39, 0.29) is 5.75 Å². The molecule has 88 valence electrons. The molecule has 0 spiro atoms. The van der Waals surface area contributed by atoms with E-state index >= 15 is 0 Å².